The van der Waals surface area contributed by atoms with Gasteiger partial charge in [-0.05, 0) is 39.2 Å². The molecule has 0 aromatic heterocycles. The molecule has 0 radical (unpaired) electrons. The Morgan fingerprint density at radius 2 is 1.88 bits per heavy atom. The van der Waals surface area contributed by atoms with Crippen molar-refractivity contribution in [3.63, 3.8) is 0 Å². The van der Waals surface area contributed by atoms with Crippen LogP contribution in [0.4, 0.5) is 10.5 Å². The van der Waals surface area contributed by atoms with E-state index in [0.29, 0.717) is 6.42 Å². The monoisotopic (exact) mass is 390 g/mol. The van der Waals surface area contributed by atoms with Crippen LogP contribution >= 0.6 is 23.2 Å². The molecule has 1 aromatic rings. The number of amides is 1. The van der Waals surface area contributed by atoms with E-state index in [1.54, 1.807) is 20.8 Å². The van der Waals surface area contributed by atoms with Crippen molar-refractivity contribution in [3.05, 3.63) is 21.7 Å². The molecular weight excluding hydrogens is 367 g/mol. The Morgan fingerprint density at radius 3 is 2.36 bits per heavy atom. The van der Waals surface area contributed by atoms with Crippen LogP contribution < -0.4 is 11.1 Å². The maximum absolute atomic E-state index is 12.9. The predicted octanol–water partition coefficient (Wildman–Crippen LogP) is 4.40. The van der Waals surface area contributed by atoms with E-state index >= 15 is 0 Å². The van der Waals surface area contributed by atoms with Crippen LogP contribution in [-0.4, -0.2) is 28.6 Å². The first-order valence-corrected chi connectivity index (χ1v) is 8.59. The molecule has 1 rings (SSSR count). The number of carbonyl (C=O) groups is 2. The van der Waals surface area contributed by atoms with E-state index in [2.05, 4.69) is 5.32 Å². The number of ether oxygens (including phenoxy) is 1. The van der Waals surface area contributed by atoms with Gasteiger partial charge >= 0.3 is 6.09 Å². The Bertz CT molecular complexity index is 670. The highest BCUT2D eigenvalue weighted by atomic mass is 35.5. The molecule has 4 N–H and O–H groups in total. The van der Waals surface area contributed by atoms with Gasteiger partial charge < -0.3 is 20.9 Å². The van der Waals surface area contributed by atoms with Crippen LogP contribution in [0.1, 0.15) is 51.4 Å². The van der Waals surface area contributed by atoms with E-state index in [-0.39, 0.29) is 27.2 Å². The SMILES string of the molecule is CC(C)C[C@H](NC(=O)OC(C)(C)C)C(=O)c1c(N)cc(Cl)c(O)c1Cl. The number of halogens is 2. The Labute approximate surface area is 157 Å². The van der Waals surface area contributed by atoms with Crippen LogP contribution in [-0.2, 0) is 4.74 Å². The Morgan fingerprint density at radius 1 is 1.32 bits per heavy atom. The lowest BCUT2D eigenvalue weighted by Gasteiger charge is -2.24. The van der Waals surface area contributed by atoms with E-state index in [9.17, 15) is 14.7 Å². The lowest BCUT2D eigenvalue weighted by molar-refractivity contribution is 0.0485. The molecule has 1 amide bonds. The van der Waals surface area contributed by atoms with Gasteiger partial charge in [0, 0.05) is 5.69 Å². The Hall–Kier alpha value is -1.66. The van der Waals surface area contributed by atoms with Crippen molar-refractivity contribution in [2.24, 2.45) is 5.92 Å². The third kappa shape index (κ3) is 5.97. The molecule has 0 aliphatic carbocycles. The maximum Gasteiger partial charge on any atom is 0.408 e. The number of Topliss-reactive ketones (excluding diaryl/α,β-unsaturated/α-hetero) is 1. The number of ketones is 1. The van der Waals surface area contributed by atoms with Crippen LogP contribution in [0.5, 0.6) is 5.75 Å². The van der Waals surface area contributed by atoms with E-state index in [4.69, 9.17) is 33.7 Å². The summed E-state index contributed by atoms with van der Waals surface area (Å²) in [4.78, 5) is 25.0. The minimum atomic E-state index is -0.907. The number of phenolic OH excluding ortho intramolecular Hbond substituents is 1. The number of carbonyl (C=O) groups excluding carboxylic acids is 2. The lowest BCUT2D eigenvalue weighted by atomic mass is 9.95. The molecule has 140 valence electrons. The number of anilines is 1. The molecule has 8 heteroatoms. The fourth-order valence-corrected chi connectivity index (χ4v) is 2.77. The van der Waals surface area contributed by atoms with Crippen molar-refractivity contribution in [1.29, 1.82) is 0 Å². The van der Waals surface area contributed by atoms with Crippen LogP contribution in [0.25, 0.3) is 0 Å². The van der Waals surface area contributed by atoms with Crippen molar-refractivity contribution in [1.82, 2.24) is 5.32 Å². The van der Waals surface area contributed by atoms with Gasteiger partial charge in [0.2, 0.25) is 0 Å². The first-order chi connectivity index (χ1) is 11.3. The van der Waals surface area contributed by atoms with Crippen LogP contribution in [0, 0.1) is 5.92 Å². The third-order valence-electron chi connectivity index (χ3n) is 3.19. The number of rotatable bonds is 5. The molecule has 0 saturated carbocycles. The summed E-state index contributed by atoms with van der Waals surface area (Å²) in [6.45, 7) is 8.97. The van der Waals surface area contributed by atoms with Gasteiger partial charge in [-0.25, -0.2) is 4.79 Å². The zero-order chi connectivity index (χ0) is 19.5. The average Bonchev–Trinajstić information content (AvgIpc) is 2.41. The minimum Gasteiger partial charge on any atom is -0.505 e. The van der Waals surface area contributed by atoms with Gasteiger partial charge in [-0.15, -0.1) is 0 Å². The van der Waals surface area contributed by atoms with Crippen LogP contribution in [0.15, 0.2) is 6.07 Å². The van der Waals surface area contributed by atoms with E-state index in [1.165, 1.54) is 6.07 Å². The summed E-state index contributed by atoms with van der Waals surface area (Å²) in [5, 5.41) is 12.1. The number of hydrogen-bond donors (Lipinski definition) is 3. The van der Waals surface area contributed by atoms with Gasteiger partial charge in [-0.2, -0.15) is 0 Å². The molecule has 25 heavy (non-hydrogen) atoms. The number of nitrogens with two attached hydrogens (primary N) is 1. The van der Waals surface area contributed by atoms with Gasteiger partial charge in [-0.3, -0.25) is 4.79 Å². The summed E-state index contributed by atoms with van der Waals surface area (Å²) in [6.07, 6.45) is -0.378. The molecule has 6 nitrogen and oxygen atoms in total. The van der Waals surface area contributed by atoms with E-state index in [1.807, 2.05) is 13.8 Å². The van der Waals surface area contributed by atoms with Crippen molar-refractivity contribution in [2.45, 2.75) is 52.7 Å². The molecular formula is C17H24Cl2N2O4. The summed E-state index contributed by atoms with van der Waals surface area (Å²) < 4.78 is 5.20. The molecule has 0 unspecified atom stereocenters. The Kier molecular flexibility index (Phi) is 6.97. The maximum atomic E-state index is 12.9. The molecule has 0 aliphatic rings. The van der Waals surface area contributed by atoms with E-state index < -0.39 is 29.3 Å². The lowest BCUT2D eigenvalue weighted by Crippen LogP contribution is -2.44. The highest BCUT2D eigenvalue weighted by Crippen LogP contribution is 2.38. The fourth-order valence-electron chi connectivity index (χ4n) is 2.20. The van der Waals surface area contributed by atoms with Gasteiger partial charge in [0.15, 0.2) is 11.5 Å². The van der Waals surface area contributed by atoms with Crippen molar-refractivity contribution >= 4 is 40.8 Å². The minimum absolute atomic E-state index is 0.0255. The second-order valence-corrected chi connectivity index (χ2v) is 7.96. The highest BCUT2D eigenvalue weighted by Gasteiger charge is 2.30. The fraction of sp³-hybridized carbons (Fsp3) is 0.529. The molecule has 0 heterocycles. The molecule has 1 aromatic carbocycles. The molecule has 0 aliphatic heterocycles. The molecule has 0 spiro atoms. The number of aromatic hydroxyl groups is 1. The normalized spacial score (nSPS) is 12.8. The van der Waals surface area contributed by atoms with Crippen molar-refractivity contribution in [3.8, 4) is 5.75 Å². The zero-order valence-electron chi connectivity index (χ0n) is 14.9. The van der Waals surface area contributed by atoms with Gasteiger partial charge in [-0.1, -0.05) is 37.0 Å². The number of nitrogens with one attached hydrogen (secondary N) is 1. The number of phenols is 1. The standard InChI is InChI=1S/C17H24Cl2N2O4/c1-8(2)6-11(21-16(24)25-17(3,4)5)15(23)12-10(20)7-9(18)14(22)13(12)19/h7-8,11,22H,6,20H2,1-5H3,(H,21,24)/t11-/m0/s1. The van der Waals surface area contributed by atoms with Crippen molar-refractivity contribution < 1.29 is 19.4 Å². The number of nitrogen functional groups attached to an aromatic ring is 1. The number of benzene rings is 1. The number of alkyl carbamates (subject to hydrolysis) is 1. The van der Waals surface area contributed by atoms with E-state index in [0.717, 1.165) is 0 Å². The summed E-state index contributed by atoms with van der Waals surface area (Å²) >= 11 is 11.8. The highest BCUT2D eigenvalue weighted by molar-refractivity contribution is 6.40. The molecule has 0 fully saturated rings. The number of hydrogen-bond acceptors (Lipinski definition) is 5. The smallest absolute Gasteiger partial charge is 0.408 e. The van der Waals surface area contributed by atoms with Crippen LogP contribution in [0.3, 0.4) is 0 Å². The van der Waals surface area contributed by atoms with Gasteiger partial charge in [0.1, 0.15) is 5.60 Å². The molecule has 0 bridgehead atoms. The summed E-state index contributed by atoms with van der Waals surface area (Å²) in [6, 6.07) is 0.339. The first kappa shape index (κ1) is 21.4. The second kappa shape index (κ2) is 8.15. The van der Waals surface area contributed by atoms with Crippen molar-refractivity contribution in [2.75, 3.05) is 5.73 Å². The molecule has 1 atom stereocenters. The quantitative estimate of drug-likeness (QED) is 0.392. The second-order valence-electron chi connectivity index (χ2n) is 7.18. The van der Waals surface area contributed by atoms with Gasteiger partial charge in [0.05, 0.1) is 21.7 Å². The average molecular weight is 391 g/mol. The molecule has 0 saturated heterocycles. The predicted molar refractivity (Wildman–Crippen MR) is 99.5 cm³/mol. The summed E-state index contributed by atoms with van der Waals surface area (Å²) in [7, 11) is 0. The van der Waals surface area contributed by atoms with Crippen LogP contribution in [0.2, 0.25) is 10.0 Å². The summed E-state index contributed by atoms with van der Waals surface area (Å²) in [5.41, 5.74) is 5.09. The first-order valence-electron chi connectivity index (χ1n) is 7.83. The topological polar surface area (TPSA) is 102 Å². The summed E-state index contributed by atoms with van der Waals surface area (Å²) in [5.74, 6) is -0.847. The Balaban J connectivity index is 3.18. The van der Waals surface area contributed by atoms with Gasteiger partial charge in [0.25, 0.3) is 0 Å². The largest absolute Gasteiger partial charge is 0.505 e. The zero-order valence-corrected chi connectivity index (χ0v) is 16.5. The third-order valence-corrected chi connectivity index (χ3v) is 3.84.